The first-order valence-corrected chi connectivity index (χ1v) is 7.38. The highest BCUT2D eigenvalue weighted by Gasteiger charge is 2.21. The van der Waals surface area contributed by atoms with Gasteiger partial charge >= 0.3 is 0 Å². The van der Waals surface area contributed by atoms with E-state index in [0.29, 0.717) is 17.7 Å². The van der Waals surface area contributed by atoms with Gasteiger partial charge in [-0.05, 0) is 57.4 Å². The molecule has 110 valence electrons. The predicted molar refractivity (Wildman–Crippen MR) is 80.2 cm³/mol. The quantitative estimate of drug-likeness (QED) is 0.841. The van der Waals surface area contributed by atoms with Crippen molar-refractivity contribution in [3.05, 3.63) is 30.2 Å². The van der Waals surface area contributed by atoms with Crippen molar-refractivity contribution in [1.82, 2.24) is 10.2 Å². The molecule has 1 fully saturated rings. The smallest absolute Gasteiger partial charge is 0.244 e. The summed E-state index contributed by atoms with van der Waals surface area (Å²) >= 11 is 0. The number of nitrogens with zero attached hydrogens (tertiary/aromatic N) is 1. The van der Waals surface area contributed by atoms with Crippen LogP contribution < -0.4 is 5.32 Å². The Bertz CT molecular complexity index is 437. The molecule has 20 heavy (non-hydrogen) atoms. The van der Waals surface area contributed by atoms with E-state index in [9.17, 15) is 4.79 Å². The minimum absolute atomic E-state index is 0.0527. The van der Waals surface area contributed by atoms with Crippen molar-refractivity contribution in [2.24, 2.45) is 5.92 Å². The van der Waals surface area contributed by atoms with Crippen molar-refractivity contribution >= 4 is 12.0 Å². The number of nitrogens with one attached hydrogen (secondary N) is 1. The lowest BCUT2D eigenvalue weighted by Gasteiger charge is -2.35. The molecule has 0 bridgehead atoms. The summed E-state index contributed by atoms with van der Waals surface area (Å²) in [5.74, 6) is 1.21. The molecule has 0 radical (unpaired) electrons. The van der Waals surface area contributed by atoms with Gasteiger partial charge in [-0.3, -0.25) is 4.79 Å². The fourth-order valence-corrected chi connectivity index (χ4v) is 2.58. The van der Waals surface area contributed by atoms with Gasteiger partial charge in [-0.25, -0.2) is 0 Å². The standard InChI is InChI=1S/C16H24N2O2/c1-13(2)18-9-3-5-14(12-18)11-17-16(19)8-7-15-6-4-10-20-15/h4,6-8,10,13-14H,3,5,9,11-12H2,1-2H3,(H,17,19)/b8-7+/t14-/m1/s1. The van der Waals surface area contributed by atoms with Crippen LogP contribution in [0.3, 0.4) is 0 Å². The normalized spacial score (nSPS) is 20.6. The van der Waals surface area contributed by atoms with E-state index in [0.717, 1.165) is 13.1 Å². The third kappa shape index (κ3) is 4.53. The van der Waals surface area contributed by atoms with Crippen LogP contribution in [0.4, 0.5) is 0 Å². The minimum Gasteiger partial charge on any atom is -0.465 e. The summed E-state index contributed by atoms with van der Waals surface area (Å²) in [5, 5.41) is 2.98. The van der Waals surface area contributed by atoms with Gasteiger partial charge in [-0.15, -0.1) is 0 Å². The lowest BCUT2D eigenvalue weighted by atomic mass is 9.97. The Hall–Kier alpha value is -1.55. The molecule has 0 saturated carbocycles. The molecule has 4 heteroatoms. The van der Waals surface area contributed by atoms with E-state index in [-0.39, 0.29) is 5.91 Å². The molecule has 0 aliphatic carbocycles. The van der Waals surface area contributed by atoms with E-state index in [1.54, 1.807) is 18.4 Å². The molecular weight excluding hydrogens is 252 g/mol. The van der Waals surface area contributed by atoms with E-state index in [2.05, 4.69) is 24.1 Å². The van der Waals surface area contributed by atoms with E-state index >= 15 is 0 Å². The molecule has 1 atom stereocenters. The van der Waals surface area contributed by atoms with Crippen molar-refractivity contribution in [3.63, 3.8) is 0 Å². The Kier molecular flexibility index (Phi) is 5.41. The van der Waals surface area contributed by atoms with Crippen molar-refractivity contribution in [1.29, 1.82) is 0 Å². The van der Waals surface area contributed by atoms with Crippen LogP contribution in [0, 0.1) is 5.92 Å². The van der Waals surface area contributed by atoms with Gasteiger partial charge in [0.2, 0.25) is 5.91 Å². The van der Waals surface area contributed by atoms with E-state index in [4.69, 9.17) is 4.42 Å². The number of carbonyl (C=O) groups is 1. The maximum atomic E-state index is 11.7. The molecule has 0 unspecified atom stereocenters. The Morgan fingerprint density at radius 2 is 2.45 bits per heavy atom. The topological polar surface area (TPSA) is 45.5 Å². The average Bonchev–Trinajstić information content (AvgIpc) is 2.96. The monoisotopic (exact) mass is 276 g/mol. The van der Waals surface area contributed by atoms with E-state index in [1.807, 2.05) is 6.07 Å². The number of carbonyl (C=O) groups excluding carboxylic acids is 1. The van der Waals surface area contributed by atoms with Crippen molar-refractivity contribution in [2.45, 2.75) is 32.7 Å². The van der Waals surface area contributed by atoms with Crippen molar-refractivity contribution in [2.75, 3.05) is 19.6 Å². The van der Waals surface area contributed by atoms with Crippen LogP contribution in [-0.2, 0) is 4.79 Å². The van der Waals surface area contributed by atoms with Crippen LogP contribution in [0.2, 0.25) is 0 Å². The van der Waals surface area contributed by atoms with Crippen LogP contribution in [0.1, 0.15) is 32.4 Å². The van der Waals surface area contributed by atoms with Crippen LogP contribution in [0.5, 0.6) is 0 Å². The molecule has 1 aliphatic heterocycles. The molecular formula is C16H24N2O2. The summed E-state index contributed by atoms with van der Waals surface area (Å²) in [5.41, 5.74) is 0. The Morgan fingerprint density at radius 1 is 1.60 bits per heavy atom. The SMILES string of the molecule is CC(C)N1CCC[C@H](CNC(=O)/C=C/c2ccco2)C1. The molecule has 1 amide bonds. The number of amides is 1. The summed E-state index contributed by atoms with van der Waals surface area (Å²) in [6.45, 7) is 7.48. The first-order chi connectivity index (χ1) is 9.65. The van der Waals surface area contributed by atoms with Crippen LogP contribution in [0.15, 0.2) is 28.9 Å². The van der Waals surface area contributed by atoms with Crippen LogP contribution in [0.25, 0.3) is 6.08 Å². The number of likely N-dealkylation sites (tertiary alicyclic amines) is 1. The second-order valence-corrected chi connectivity index (χ2v) is 5.69. The number of rotatable bonds is 5. The predicted octanol–water partition coefficient (Wildman–Crippen LogP) is 2.53. The second-order valence-electron chi connectivity index (χ2n) is 5.69. The lowest BCUT2D eigenvalue weighted by Crippen LogP contribution is -2.43. The Balaban J connectivity index is 1.73. The van der Waals surface area contributed by atoms with Gasteiger partial charge in [0, 0.05) is 25.2 Å². The molecule has 4 nitrogen and oxygen atoms in total. The highest BCUT2D eigenvalue weighted by atomic mass is 16.3. The molecule has 2 heterocycles. The summed E-state index contributed by atoms with van der Waals surface area (Å²) in [6, 6.07) is 4.22. The van der Waals surface area contributed by atoms with Gasteiger partial charge in [-0.1, -0.05) is 0 Å². The third-order valence-corrected chi connectivity index (χ3v) is 3.79. The highest BCUT2D eigenvalue weighted by molar-refractivity contribution is 5.91. The van der Waals surface area contributed by atoms with Gasteiger partial charge in [0.05, 0.1) is 6.26 Å². The van der Waals surface area contributed by atoms with E-state index in [1.165, 1.54) is 25.5 Å². The molecule has 1 N–H and O–H groups in total. The van der Waals surface area contributed by atoms with Gasteiger partial charge < -0.3 is 14.6 Å². The lowest BCUT2D eigenvalue weighted by molar-refractivity contribution is -0.116. The number of furan rings is 1. The molecule has 0 spiro atoms. The molecule has 0 aromatic carbocycles. The van der Waals surface area contributed by atoms with Crippen molar-refractivity contribution in [3.8, 4) is 0 Å². The Labute approximate surface area is 120 Å². The molecule has 1 aliphatic rings. The van der Waals surface area contributed by atoms with Gasteiger partial charge in [-0.2, -0.15) is 0 Å². The fraction of sp³-hybridized carbons (Fsp3) is 0.562. The first kappa shape index (κ1) is 14.9. The molecule has 1 aromatic rings. The largest absolute Gasteiger partial charge is 0.465 e. The maximum Gasteiger partial charge on any atom is 0.244 e. The van der Waals surface area contributed by atoms with Gasteiger partial charge in [0.1, 0.15) is 5.76 Å². The first-order valence-electron chi connectivity index (χ1n) is 7.38. The fourth-order valence-electron chi connectivity index (χ4n) is 2.58. The summed E-state index contributed by atoms with van der Waals surface area (Å²) in [4.78, 5) is 14.2. The number of hydrogen-bond acceptors (Lipinski definition) is 3. The molecule has 1 aromatic heterocycles. The van der Waals surface area contributed by atoms with Gasteiger partial charge in [0.15, 0.2) is 0 Å². The third-order valence-electron chi connectivity index (χ3n) is 3.79. The summed E-state index contributed by atoms with van der Waals surface area (Å²) in [7, 11) is 0. The zero-order valence-corrected chi connectivity index (χ0v) is 12.3. The highest BCUT2D eigenvalue weighted by Crippen LogP contribution is 2.17. The molecule has 1 saturated heterocycles. The summed E-state index contributed by atoms with van der Waals surface area (Å²) in [6.07, 6.45) is 7.24. The van der Waals surface area contributed by atoms with Crippen molar-refractivity contribution < 1.29 is 9.21 Å². The Morgan fingerprint density at radius 3 is 3.15 bits per heavy atom. The van der Waals surface area contributed by atoms with Crippen LogP contribution >= 0.6 is 0 Å². The zero-order valence-electron chi connectivity index (χ0n) is 12.3. The summed E-state index contributed by atoms with van der Waals surface area (Å²) < 4.78 is 5.15. The number of hydrogen-bond donors (Lipinski definition) is 1. The second kappa shape index (κ2) is 7.29. The molecule has 2 rings (SSSR count). The van der Waals surface area contributed by atoms with E-state index < -0.39 is 0 Å². The van der Waals surface area contributed by atoms with Crippen LogP contribution in [-0.4, -0.2) is 36.5 Å². The van der Waals surface area contributed by atoms with Gasteiger partial charge in [0.25, 0.3) is 0 Å². The minimum atomic E-state index is -0.0527. The zero-order chi connectivity index (χ0) is 14.4. The number of piperidine rings is 1. The maximum absolute atomic E-state index is 11.7. The average molecular weight is 276 g/mol.